The Morgan fingerprint density at radius 2 is 1.86 bits per heavy atom. The van der Waals surface area contributed by atoms with Gasteiger partial charge in [-0.2, -0.15) is 0 Å². The van der Waals surface area contributed by atoms with Crippen molar-refractivity contribution < 1.29 is 28.3 Å². The van der Waals surface area contributed by atoms with Crippen LogP contribution in [-0.4, -0.2) is 41.6 Å². The first-order valence-electron chi connectivity index (χ1n) is 10.5. The number of nitrogens with zero attached hydrogens (tertiary/aromatic N) is 1. The SMILES string of the molecule is COC(=O)c1cc(-c2ccc(/C=C3/SC(=O)N(CC(=O)Nc4ccc(C)c(Cl)c4)C3=O)o2)ccc1Cl. The lowest BCUT2D eigenvalue weighted by Gasteiger charge is -2.12. The lowest BCUT2D eigenvalue weighted by Crippen LogP contribution is -2.36. The molecule has 11 heteroatoms. The molecule has 1 N–H and O–H groups in total. The fourth-order valence-electron chi connectivity index (χ4n) is 3.31. The number of furan rings is 1. The monoisotopic (exact) mass is 544 g/mol. The molecule has 0 atom stereocenters. The van der Waals surface area contributed by atoms with Gasteiger partial charge in [-0.05, 0) is 66.7 Å². The number of hydrogen-bond acceptors (Lipinski definition) is 7. The van der Waals surface area contributed by atoms with Gasteiger partial charge in [-0.25, -0.2) is 4.79 Å². The molecule has 2 aromatic carbocycles. The maximum atomic E-state index is 12.8. The second-order valence-electron chi connectivity index (χ2n) is 7.67. The average molecular weight is 545 g/mol. The number of thioether (sulfide) groups is 1. The molecule has 184 valence electrons. The number of benzene rings is 2. The fourth-order valence-corrected chi connectivity index (χ4v) is 4.50. The van der Waals surface area contributed by atoms with Crippen LogP contribution in [-0.2, 0) is 14.3 Å². The molecular formula is C25H18Cl2N2O6S. The van der Waals surface area contributed by atoms with Gasteiger partial charge in [-0.1, -0.05) is 29.3 Å². The Bertz CT molecular complexity index is 1430. The second-order valence-corrected chi connectivity index (χ2v) is 9.48. The number of rotatable bonds is 6. The zero-order valence-corrected chi connectivity index (χ0v) is 21.3. The van der Waals surface area contributed by atoms with Crippen LogP contribution in [0.2, 0.25) is 10.0 Å². The standard InChI is InChI=1S/C25H18Cl2N2O6S/c1-13-3-5-15(10-19(13)27)28-22(30)12-29-23(31)21(36-25(29)33)11-16-6-8-20(35-16)14-4-7-18(26)17(9-14)24(32)34-2/h3-11H,12H2,1-2H3,(H,28,30)/b21-11+. The van der Waals surface area contributed by atoms with E-state index in [4.69, 9.17) is 32.4 Å². The zero-order chi connectivity index (χ0) is 26.0. The number of esters is 1. The third kappa shape index (κ3) is 5.48. The number of amides is 3. The average Bonchev–Trinajstić information content (AvgIpc) is 3.41. The summed E-state index contributed by atoms with van der Waals surface area (Å²) in [7, 11) is 1.26. The summed E-state index contributed by atoms with van der Waals surface area (Å²) in [5, 5.41) is 2.77. The van der Waals surface area contributed by atoms with Gasteiger partial charge >= 0.3 is 5.97 Å². The van der Waals surface area contributed by atoms with E-state index in [0.717, 1.165) is 10.5 Å². The number of imide groups is 1. The first kappa shape index (κ1) is 25.6. The van der Waals surface area contributed by atoms with Gasteiger partial charge in [-0.3, -0.25) is 19.3 Å². The van der Waals surface area contributed by atoms with Gasteiger partial charge in [0.05, 0.1) is 22.6 Å². The number of carbonyl (C=O) groups excluding carboxylic acids is 4. The molecule has 1 aliphatic heterocycles. The van der Waals surface area contributed by atoms with E-state index in [1.807, 2.05) is 6.92 Å². The number of hydrogen-bond donors (Lipinski definition) is 1. The Morgan fingerprint density at radius 3 is 2.58 bits per heavy atom. The quantitative estimate of drug-likeness (QED) is 0.298. The molecule has 0 unspecified atom stereocenters. The Hall–Kier alpha value is -3.53. The van der Waals surface area contributed by atoms with Crippen molar-refractivity contribution in [3.05, 3.63) is 80.4 Å². The van der Waals surface area contributed by atoms with Crippen molar-refractivity contribution in [3.63, 3.8) is 0 Å². The van der Waals surface area contributed by atoms with Gasteiger partial charge in [0.2, 0.25) is 5.91 Å². The van der Waals surface area contributed by atoms with Crippen molar-refractivity contribution in [1.29, 1.82) is 0 Å². The molecule has 1 aromatic heterocycles. The zero-order valence-electron chi connectivity index (χ0n) is 19.0. The van der Waals surface area contributed by atoms with Gasteiger partial charge in [0.15, 0.2) is 0 Å². The smallest absolute Gasteiger partial charge is 0.339 e. The summed E-state index contributed by atoms with van der Waals surface area (Å²) >= 11 is 12.8. The number of aryl methyl sites for hydroxylation is 1. The van der Waals surface area contributed by atoms with Crippen LogP contribution in [0, 0.1) is 6.92 Å². The first-order chi connectivity index (χ1) is 17.2. The number of halogens is 2. The Balaban J connectivity index is 1.47. The molecule has 0 bridgehead atoms. The maximum absolute atomic E-state index is 12.8. The topological polar surface area (TPSA) is 106 Å². The van der Waals surface area contributed by atoms with Gasteiger partial charge in [0.1, 0.15) is 18.1 Å². The minimum atomic E-state index is -0.612. The highest BCUT2D eigenvalue weighted by Gasteiger charge is 2.36. The number of carbonyl (C=O) groups is 4. The molecule has 1 aliphatic rings. The molecule has 36 heavy (non-hydrogen) atoms. The van der Waals surface area contributed by atoms with Crippen molar-refractivity contribution in [2.75, 3.05) is 19.0 Å². The summed E-state index contributed by atoms with van der Waals surface area (Å²) in [6.07, 6.45) is 1.42. The number of methoxy groups -OCH3 is 1. The molecule has 4 rings (SSSR count). The predicted octanol–water partition coefficient (Wildman–Crippen LogP) is 6.02. The molecule has 0 radical (unpaired) electrons. The Labute approximate surface area is 220 Å². The minimum absolute atomic E-state index is 0.110. The van der Waals surface area contributed by atoms with E-state index in [0.29, 0.717) is 39.6 Å². The molecule has 8 nitrogen and oxygen atoms in total. The van der Waals surface area contributed by atoms with Crippen LogP contribution in [0.1, 0.15) is 21.7 Å². The largest absolute Gasteiger partial charge is 0.465 e. The summed E-state index contributed by atoms with van der Waals surface area (Å²) in [5.74, 6) is -1.01. The molecule has 3 aromatic rings. The van der Waals surface area contributed by atoms with E-state index in [-0.39, 0.29) is 15.5 Å². The normalized spacial score (nSPS) is 14.4. The van der Waals surface area contributed by atoms with Crippen LogP contribution in [0.5, 0.6) is 0 Å². The molecule has 3 amide bonds. The maximum Gasteiger partial charge on any atom is 0.339 e. The molecule has 0 spiro atoms. The van der Waals surface area contributed by atoms with E-state index in [1.165, 1.54) is 19.3 Å². The van der Waals surface area contributed by atoms with Crippen molar-refractivity contribution in [2.45, 2.75) is 6.92 Å². The first-order valence-corrected chi connectivity index (χ1v) is 12.0. The van der Waals surface area contributed by atoms with Crippen molar-refractivity contribution in [3.8, 4) is 11.3 Å². The summed E-state index contributed by atoms with van der Waals surface area (Å²) in [6, 6.07) is 13.0. The third-order valence-corrected chi connectivity index (χ3v) is 6.83. The summed E-state index contributed by atoms with van der Waals surface area (Å²) in [4.78, 5) is 50.5. The molecule has 0 aliphatic carbocycles. The number of nitrogens with one attached hydrogen (secondary N) is 1. The molecule has 1 saturated heterocycles. The highest BCUT2D eigenvalue weighted by Crippen LogP contribution is 2.34. The molecular weight excluding hydrogens is 527 g/mol. The van der Waals surface area contributed by atoms with Gasteiger partial charge < -0.3 is 14.5 Å². The van der Waals surface area contributed by atoms with Crippen molar-refractivity contribution >= 4 is 69.8 Å². The van der Waals surface area contributed by atoms with Crippen molar-refractivity contribution in [2.24, 2.45) is 0 Å². The van der Waals surface area contributed by atoms with E-state index in [2.05, 4.69) is 5.32 Å². The minimum Gasteiger partial charge on any atom is -0.465 e. The van der Waals surface area contributed by atoms with Crippen LogP contribution in [0.25, 0.3) is 17.4 Å². The van der Waals surface area contributed by atoms with E-state index in [1.54, 1.807) is 42.5 Å². The predicted molar refractivity (Wildman–Crippen MR) is 138 cm³/mol. The van der Waals surface area contributed by atoms with Crippen LogP contribution < -0.4 is 5.32 Å². The van der Waals surface area contributed by atoms with E-state index < -0.39 is 29.6 Å². The molecule has 0 saturated carbocycles. The number of ether oxygens (including phenoxy) is 1. The Morgan fingerprint density at radius 1 is 1.08 bits per heavy atom. The summed E-state index contributed by atoms with van der Waals surface area (Å²) < 4.78 is 10.5. The summed E-state index contributed by atoms with van der Waals surface area (Å²) in [5.41, 5.74) is 2.06. The Kier molecular flexibility index (Phi) is 7.53. The number of anilines is 1. The van der Waals surface area contributed by atoms with Gasteiger partial charge in [0.25, 0.3) is 11.1 Å². The summed E-state index contributed by atoms with van der Waals surface area (Å²) in [6.45, 7) is 1.38. The second kappa shape index (κ2) is 10.6. The van der Waals surface area contributed by atoms with Crippen LogP contribution in [0.15, 0.2) is 57.9 Å². The molecule has 2 heterocycles. The van der Waals surface area contributed by atoms with Crippen LogP contribution >= 0.6 is 35.0 Å². The third-order valence-electron chi connectivity index (χ3n) is 5.19. The van der Waals surface area contributed by atoms with Crippen LogP contribution in [0.4, 0.5) is 10.5 Å². The highest BCUT2D eigenvalue weighted by atomic mass is 35.5. The van der Waals surface area contributed by atoms with Crippen molar-refractivity contribution in [1.82, 2.24) is 4.90 Å². The highest BCUT2D eigenvalue weighted by molar-refractivity contribution is 8.18. The van der Waals surface area contributed by atoms with Gasteiger partial charge in [0, 0.05) is 22.3 Å². The lowest BCUT2D eigenvalue weighted by molar-refractivity contribution is -0.127. The van der Waals surface area contributed by atoms with Crippen LogP contribution in [0.3, 0.4) is 0 Å². The van der Waals surface area contributed by atoms with E-state index in [9.17, 15) is 19.2 Å². The molecule has 1 fully saturated rings. The van der Waals surface area contributed by atoms with Gasteiger partial charge in [-0.15, -0.1) is 0 Å². The fraction of sp³-hybridized carbons (Fsp3) is 0.120. The van der Waals surface area contributed by atoms with E-state index >= 15 is 0 Å². The lowest BCUT2D eigenvalue weighted by atomic mass is 10.1.